The van der Waals surface area contributed by atoms with E-state index in [-0.39, 0.29) is 16.9 Å². The average molecular weight is 453 g/mol. The number of benzene rings is 2. The number of hydrogen-bond acceptors (Lipinski definition) is 3. The second kappa shape index (κ2) is 8.20. The smallest absolute Gasteiger partial charge is 0.257 e. The van der Waals surface area contributed by atoms with E-state index in [9.17, 15) is 9.59 Å². The highest BCUT2D eigenvalue weighted by Crippen LogP contribution is 2.11. The van der Waals surface area contributed by atoms with Crippen LogP contribution in [0.15, 0.2) is 48.5 Å². The Morgan fingerprint density at radius 1 is 1.04 bits per heavy atom. The van der Waals surface area contributed by atoms with Crippen LogP contribution in [0.3, 0.4) is 0 Å². The third-order valence-corrected chi connectivity index (χ3v) is 3.98. The Kier molecular flexibility index (Phi) is 6.27. The van der Waals surface area contributed by atoms with Gasteiger partial charge in [0.2, 0.25) is 0 Å². The lowest BCUT2D eigenvalue weighted by Gasteiger charge is -2.12. The van der Waals surface area contributed by atoms with Crippen LogP contribution in [0.5, 0.6) is 0 Å². The Morgan fingerprint density at radius 3 is 2.29 bits per heavy atom. The summed E-state index contributed by atoms with van der Waals surface area (Å²) < 4.78 is 0.972. The second-order valence-corrected chi connectivity index (χ2v) is 6.85. The zero-order valence-electron chi connectivity index (χ0n) is 13.2. The molecule has 0 fully saturated rings. The zero-order valence-corrected chi connectivity index (χ0v) is 16.1. The molecule has 2 amide bonds. The Bertz CT molecular complexity index is 776. The summed E-state index contributed by atoms with van der Waals surface area (Å²) in [6.07, 6.45) is 0. The lowest BCUT2D eigenvalue weighted by Crippen LogP contribution is -2.34. The van der Waals surface area contributed by atoms with Crippen molar-refractivity contribution < 1.29 is 9.59 Å². The summed E-state index contributed by atoms with van der Waals surface area (Å²) in [5, 5.41) is 5.76. The number of carbonyl (C=O) groups excluding carboxylic acids is 2. The summed E-state index contributed by atoms with van der Waals surface area (Å²) in [4.78, 5) is 25.5. The minimum Gasteiger partial charge on any atom is -0.345 e. The molecule has 2 aromatic carbocycles. The normalized spacial score (nSPS) is 9.96. The van der Waals surface area contributed by atoms with Crippen LogP contribution in [0.1, 0.15) is 20.7 Å². The van der Waals surface area contributed by atoms with Gasteiger partial charge in [0.15, 0.2) is 5.11 Å². The first-order valence-corrected chi connectivity index (χ1v) is 8.55. The fourth-order valence-corrected chi connectivity index (χ4v) is 2.68. The maximum absolute atomic E-state index is 12.1. The number of carbonyl (C=O) groups is 2. The van der Waals surface area contributed by atoms with Crippen molar-refractivity contribution in [1.29, 1.82) is 0 Å². The number of hydrogen-bond donors (Lipinski definition) is 2. The number of halogens is 1. The van der Waals surface area contributed by atoms with Crippen molar-refractivity contribution in [3.63, 3.8) is 0 Å². The second-order valence-electron chi connectivity index (χ2n) is 5.20. The molecule has 7 heteroatoms. The molecule has 0 radical (unpaired) electrons. The van der Waals surface area contributed by atoms with Gasteiger partial charge in [-0.25, -0.2) is 0 Å². The molecule has 0 saturated carbocycles. The van der Waals surface area contributed by atoms with Gasteiger partial charge in [0, 0.05) is 34.5 Å². The van der Waals surface area contributed by atoms with Crippen LogP contribution in [-0.4, -0.2) is 35.9 Å². The first-order chi connectivity index (χ1) is 11.4. The van der Waals surface area contributed by atoms with Gasteiger partial charge in [0.05, 0.1) is 0 Å². The SMILES string of the molecule is CN(C)C(=O)c1ccc(NC(=S)NC(=O)c2cccc(I)c2)cc1. The molecule has 2 rings (SSSR count). The number of nitrogens with zero attached hydrogens (tertiary/aromatic N) is 1. The van der Waals surface area contributed by atoms with E-state index in [0.717, 1.165) is 3.57 Å². The predicted octanol–water partition coefficient (Wildman–Crippen LogP) is 3.12. The molecular weight excluding hydrogens is 437 g/mol. The first kappa shape index (κ1) is 18.3. The van der Waals surface area contributed by atoms with Gasteiger partial charge in [-0.15, -0.1) is 0 Å². The maximum Gasteiger partial charge on any atom is 0.257 e. The summed E-state index contributed by atoms with van der Waals surface area (Å²) in [5.41, 5.74) is 1.82. The number of rotatable bonds is 3. The van der Waals surface area contributed by atoms with Crippen LogP contribution in [0.25, 0.3) is 0 Å². The van der Waals surface area contributed by atoms with Crippen LogP contribution in [-0.2, 0) is 0 Å². The minimum atomic E-state index is -0.273. The van der Waals surface area contributed by atoms with Gasteiger partial charge < -0.3 is 10.2 Å². The van der Waals surface area contributed by atoms with Crippen molar-refractivity contribution >= 4 is 57.4 Å². The van der Waals surface area contributed by atoms with Gasteiger partial charge in [-0.1, -0.05) is 6.07 Å². The van der Waals surface area contributed by atoms with Gasteiger partial charge >= 0.3 is 0 Å². The monoisotopic (exact) mass is 453 g/mol. The summed E-state index contributed by atoms with van der Waals surface area (Å²) in [6.45, 7) is 0. The van der Waals surface area contributed by atoms with Crippen molar-refractivity contribution in [3.8, 4) is 0 Å². The molecule has 2 aromatic rings. The lowest BCUT2D eigenvalue weighted by molar-refractivity contribution is 0.0827. The Balaban J connectivity index is 1.97. The molecule has 5 nitrogen and oxygen atoms in total. The third kappa shape index (κ3) is 5.00. The summed E-state index contributed by atoms with van der Waals surface area (Å²) in [5.74, 6) is -0.346. The molecule has 24 heavy (non-hydrogen) atoms. The van der Waals surface area contributed by atoms with Gasteiger partial charge in [0.1, 0.15) is 0 Å². The van der Waals surface area contributed by atoms with Crippen molar-refractivity contribution in [2.45, 2.75) is 0 Å². The lowest BCUT2D eigenvalue weighted by atomic mass is 10.2. The maximum atomic E-state index is 12.1. The largest absolute Gasteiger partial charge is 0.345 e. The fourth-order valence-electron chi connectivity index (χ4n) is 1.92. The molecule has 0 bridgehead atoms. The first-order valence-electron chi connectivity index (χ1n) is 7.06. The van der Waals surface area contributed by atoms with E-state index in [0.29, 0.717) is 16.8 Å². The van der Waals surface area contributed by atoms with Crippen molar-refractivity contribution in [2.24, 2.45) is 0 Å². The molecule has 0 aliphatic carbocycles. The summed E-state index contributed by atoms with van der Waals surface area (Å²) >= 11 is 7.30. The predicted molar refractivity (Wildman–Crippen MR) is 107 cm³/mol. The van der Waals surface area contributed by atoms with Gasteiger partial charge in [-0.2, -0.15) is 0 Å². The van der Waals surface area contributed by atoms with E-state index in [1.54, 1.807) is 50.5 Å². The molecule has 0 aliphatic heterocycles. The molecule has 0 saturated heterocycles. The van der Waals surface area contributed by atoms with E-state index in [4.69, 9.17) is 12.2 Å². The van der Waals surface area contributed by atoms with Crippen LogP contribution >= 0.6 is 34.8 Å². The van der Waals surface area contributed by atoms with E-state index in [1.807, 2.05) is 12.1 Å². The molecule has 0 aromatic heterocycles. The number of anilines is 1. The van der Waals surface area contributed by atoms with Crippen molar-refractivity contribution in [3.05, 3.63) is 63.2 Å². The highest BCUT2D eigenvalue weighted by Gasteiger charge is 2.10. The fraction of sp³-hybridized carbons (Fsp3) is 0.118. The summed E-state index contributed by atoms with van der Waals surface area (Å²) in [6, 6.07) is 14.1. The molecule has 0 aliphatic rings. The van der Waals surface area contributed by atoms with Crippen LogP contribution in [0.4, 0.5) is 5.69 Å². The Hall–Kier alpha value is -2.00. The van der Waals surface area contributed by atoms with E-state index in [1.165, 1.54) is 4.90 Å². The number of thiocarbonyl (C=S) groups is 1. The average Bonchev–Trinajstić information content (AvgIpc) is 2.54. The van der Waals surface area contributed by atoms with E-state index >= 15 is 0 Å². The van der Waals surface area contributed by atoms with Crippen LogP contribution < -0.4 is 10.6 Å². The van der Waals surface area contributed by atoms with Crippen molar-refractivity contribution in [1.82, 2.24) is 10.2 Å². The molecule has 0 unspecified atom stereocenters. The molecule has 124 valence electrons. The molecule has 0 heterocycles. The van der Waals surface area contributed by atoms with E-state index in [2.05, 4.69) is 33.2 Å². The van der Waals surface area contributed by atoms with Crippen LogP contribution in [0, 0.1) is 3.57 Å². The Labute approximate surface area is 159 Å². The van der Waals surface area contributed by atoms with Gasteiger partial charge in [-0.3, -0.25) is 14.9 Å². The summed E-state index contributed by atoms with van der Waals surface area (Å²) in [7, 11) is 3.40. The highest BCUT2D eigenvalue weighted by molar-refractivity contribution is 14.1. The molecule has 0 atom stereocenters. The number of nitrogens with one attached hydrogen (secondary N) is 2. The van der Waals surface area contributed by atoms with E-state index < -0.39 is 0 Å². The quantitative estimate of drug-likeness (QED) is 0.554. The highest BCUT2D eigenvalue weighted by atomic mass is 127. The Morgan fingerprint density at radius 2 is 1.71 bits per heavy atom. The standard InChI is InChI=1S/C17H16IN3O2S/c1-21(2)16(23)11-6-8-14(9-7-11)19-17(24)20-15(22)12-4-3-5-13(18)10-12/h3-10H,1-2H3,(H2,19,20,22,24). The van der Waals surface area contributed by atoms with Crippen molar-refractivity contribution in [2.75, 3.05) is 19.4 Å². The molecule has 0 spiro atoms. The van der Waals surface area contributed by atoms with Gasteiger partial charge in [0.25, 0.3) is 11.8 Å². The zero-order chi connectivity index (χ0) is 17.7. The van der Waals surface area contributed by atoms with Gasteiger partial charge in [-0.05, 0) is 77.3 Å². The molecular formula is C17H16IN3O2S. The third-order valence-electron chi connectivity index (χ3n) is 3.11. The van der Waals surface area contributed by atoms with Crippen LogP contribution in [0.2, 0.25) is 0 Å². The number of amides is 2. The topological polar surface area (TPSA) is 61.4 Å². The minimum absolute atomic E-state index is 0.0730. The molecule has 2 N–H and O–H groups in total.